The van der Waals surface area contributed by atoms with E-state index >= 15 is 0 Å². The summed E-state index contributed by atoms with van der Waals surface area (Å²) in [6.45, 7) is 2.65. The van der Waals surface area contributed by atoms with Gasteiger partial charge in [0.1, 0.15) is 17.3 Å². The number of hydrogen-bond donors (Lipinski definition) is 1. The highest BCUT2D eigenvalue weighted by atomic mass is 16.5. The first-order valence-electron chi connectivity index (χ1n) is 10.7. The molecule has 1 fully saturated rings. The van der Waals surface area contributed by atoms with Gasteiger partial charge in [-0.2, -0.15) is 0 Å². The van der Waals surface area contributed by atoms with Crippen molar-refractivity contribution in [2.24, 2.45) is 0 Å². The molecule has 2 heterocycles. The molecule has 0 unspecified atom stereocenters. The third kappa shape index (κ3) is 6.34. The van der Waals surface area contributed by atoms with Crippen LogP contribution in [-0.4, -0.2) is 60.2 Å². The highest BCUT2D eigenvalue weighted by Crippen LogP contribution is 2.25. The fraction of sp³-hybridized carbons (Fsp3) is 0.391. The number of ether oxygens (including phenoxy) is 2. The summed E-state index contributed by atoms with van der Waals surface area (Å²) in [5, 5.41) is 9.21. The molecule has 0 aliphatic carbocycles. The Balaban J connectivity index is 1.53. The maximum absolute atomic E-state index is 12.8. The van der Waals surface area contributed by atoms with Crippen molar-refractivity contribution in [1.29, 1.82) is 0 Å². The van der Waals surface area contributed by atoms with E-state index in [9.17, 15) is 14.4 Å². The second-order valence-electron chi connectivity index (χ2n) is 7.50. The predicted molar refractivity (Wildman–Crippen MR) is 120 cm³/mol. The molecule has 33 heavy (non-hydrogen) atoms. The summed E-state index contributed by atoms with van der Waals surface area (Å²) < 4.78 is 15.5. The smallest absolute Gasteiger partial charge is 0.265 e. The lowest BCUT2D eigenvalue weighted by Crippen LogP contribution is -2.44. The summed E-state index contributed by atoms with van der Waals surface area (Å²) in [5.41, 5.74) is 0.690. The van der Waals surface area contributed by atoms with E-state index in [0.29, 0.717) is 54.6 Å². The molecule has 1 aliphatic rings. The van der Waals surface area contributed by atoms with E-state index in [1.807, 2.05) is 0 Å². The number of carbonyl (C=O) groups is 3. The maximum atomic E-state index is 12.8. The van der Waals surface area contributed by atoms with Crippen LogP contribution in [0.4, 0.5) is 5.82 Å². The van der Waals surface area contributed by atoms with Crippen LogP contribution in [0.5, 0.6) is 11.5 Å². The number of aryl methyl sites for hydroxylation is 1. The zero-order valence-electron chi connectivity index (χ0n) is 19.0. The van der Waals surface area contributed by atoms with Crippen molar-refractivity contribution in [2.75, 3.05) is 32.6 Å². The Hall–Kier alpha value is -3.82. The maximum Gasteiger partial charge on any atom is 0.265 e. The lowest BCUT2D eigenvalue weighted by Gasteiger charge is -2.27. The number of anilines is 1. The standard InChI is InChI=1S/C23H28N4O6/c1-16-14-20(25-33-16)24-21(28)6-4-7-22(29)26-12-5-13-27(26)23(30)11-8-17-15-18(31-2)9-10-19(17)32-3/h8-11,14-15H,4-7,12-13H2,1-3H3,(H,24,25,28). The third-order valence-electron chi connectivity index (χ3n) is 5.11. The number of methoxy groups -OCH3 is 2. The summed E-state index contributed by atoms with van der Waals surface area (Å²) in [4.78, 5) is 37.4. The average molecular weight is 456 g/mol. The Morgan fingerprint density at radius 2 is 1.91 bits per heavy atom. The van der Waals surface area contributed by atoms with Gasteiger partial charge < -0.3 is 19.3 Å². The molecular weight excluding hydrogens is 428 g/mol. The first kappa shape index (κ1) is 23.8. The van der Waals surface area contributed by atoms with Gasteiger partial charge in [-0.1, -0.05) is 5.16 Å². The minimum Gasteiger partial charge on any atom is -0.497 e. The lowest BCUT2D eigenvalue weighted by molar-refractivity contribution is -0.154. The number of carbonyl (C=O) groups excluding carboxylic acids is 3. The van der Waals surface area contributed by atoms with E-state index in [0.717, 1.165) is 0 Å². The molecule has 2 aromatic rings. The molecule has 3 rings (SSSR count). The van der Waals surface area contributed by atoms with Gasteiger partial charge in [0.25, 0.3) is 5.91 Å². The molecule has 1 aliphatic heterocycles. The summed E-state index contributed by atoms with van der Waals surface area (Å²) in [6, 6.07) is 6.91. The minimum atomic E-state index is -0.301. The highest BCUT2D eigenvalue weighted by molar-refractivity contribution is 5.94. The summed E-state index contributed by atoms with van der Waals surface area (Å²) in [5.74, 6) is 1.44. The SMILES string of the molecule is COc1ccc(OC)c(C=CC(=O)N2CCCN2C(=O)CCCC(=O)Nc2cc(C)on2)c1. The van der Waals surface area contributed by atoms with Crippen LogP contribution >= 0.6 is 0 Å². The molecule has 0 saturated carbocycles. The van der Waals surface area contributed by atoms with Gasteiger partial charge in [-0.05, 0) is 44.0 Å². The van der Waals surface area contributed by atoms with E-state index in [1.165, 1.54) is 16.1 Å². The van der Waals surface area contributed by atoms with Gasteiger partial charge >= 0.3 is 0 Å². The number of aromatic nitrogens is 1. The van der Waals surface area contributed by atoms with Gasteiger partial charge in [0, 0.05) is 43.6 Å². The van der Waals surface area contributed by atoms with Gasteiger partial charge in [-0.25, -0.2) is 5.01 Å². The van der Waals surface area contributed by atoms with Crippen LogP contribution in [0.25, 0.3) is 6.08 Å². The number of nitrogens with zero attached hydrogens (tertiary/aromatic N) is 3. The number of rotatable bonds is 9. The van der Waals surface area contributed by atoms with Crippen LogP contribution in [-0.2, 0) is 14.4 Å². The summed E-state index contributed by atoms with van der Waals surface area (Å²) >= 11 is 0. The zero-order chi connectivity index (χ0) is 23.8. The molecule has 3 amide bonds. The average Bonchev–Trinajstić information content (AvgIpc) is 3.46. The van der Waals surface area contributed by atoms with Crippen LogP contribution in [0.2, 0.25) is 0 Å². The normalized spacial score (nSPS) is 13.4. The van der Waals surface area contributed by atoms with Crippen molar-refractivity contribution < 1.29 is 28.4 Å². The highest BCUT2D eigenvalue weighted by Gasteiger charge is 2.29. The molecule has 1 N–H and O–H groups in total. The minimum absolute atomic E-state index is 0.155. The van der Waals surface area contributed by atoms with Gasteiger partial charge in [-0.15, -0.1) is 0 Å². The van der Waals surface area contributed by atoms with E-state index in [1.54, 1.807) is 51.5 Å². The second kappa shape index (κ2) is 11.2. The van der Waals surface area contributed by atoms with Crippen LogP contribution in [0.3, 0.4) is 0 Å². The third-order valence-corrected chi connectivity index (χ3v) is 5.11. The number of nitrogens with one attached hydrogen (secondary N) is 1. The Morgan fingerprint density at radius 3 is 2.61 bits per heavy atom. The predicted octanol–water partition coefficient (Wildman–Crippen LogP) is 2.80. The first-order chi connectivity index (χ1) is 15.9. The number of hydrogen-bond acceptors (Lipinski definition) is 7. The van der Waals surface area contributed by atoms with Crippen LogP contribution in [0.15, 0.2) is 34.9 Å². The van der Waals surface area contributed by atoms with E-state index in [2.05, 4.69) is 10.5 Å². The van der Waals surface area contributed by atoms with Gasteiger partial charge in [-0.3, -0.25) is 19.4 Å². The van der Waals surface area contributed by atoms with Gasteiger partial charge in [0.05, 0.1) is 14.2 Å². The van der Waals surface area contributed by atoms with Crippen LogP contribution < -0.4 is 14.8 Å². The van der Waals surface area contributed by atoms with Crippen molar-refractivity contribution >= 4 is 29.6 Å². The molecule has 1 saturated heterocycles. The Bertz CT molecular complexity index is 1030. The van der Waals surface area contributed by atoms with E-state index < -0.39 is 0 Å². The Kier molecular flexibility index (Phi) is 8.06. The molecule has 1 aromatic heterocycles. The van der Waals surface area contributed by atoms with Crippen molar-refractivity contribution in [1.82, 2.24) is 15.2 Å². The van der Waals surface area contributed by atoms with Crippen LogP contribution in [0, 0.1) is 6.92 Å². The monoisotopic (exact) mass is 456 g/mol. The Morgan fingerprint density at radius 1 is 1.12 bits per heavy atom. The molecule has 1 aromatic carbocycles. The van der Waals surface area contributed by atoms with Gasteiger partial charge in [0.2, 0.25) is 11.8 Å². The van der Waals surface area contributed by atoms with Crippen molar-refractivity contribution in [3.8, 4) is 11.5 Å². The molecule has 10 nitrogen and oxygen atoms in total. The lowest BCUT2D eigenvalue weighted by atomic mass is 10.1. The molecule has 10 heteroatoms. The number of hydrazine groups is 1. The topological polar surface area (TPSA) is 114 Å². The largest absolute Gasteiger partial charge is 0.497 e. The fourth-order valence-electron chi connectivity index (χ4n) is 3.48. The van der Waals surface area contributed by atoms with Gasteiger partial charge in [0.15, 0.2) is 5.82 Å². The molecule has 0 radical (unpaired) electrons. The second-order valence-corrected chi connectivity index (χ2v) is 7.50. The van der Waals surface area contributed by atoms with E-state index in [-0.39, 0.29) is 30.6 Å². The number of benzene rings is 1. The molecule has 176 valence electrons. The molecule has 0 atom stereocenters. The van der Waals surface area contributed by atoms with Crippen molar-refractivity contribution in [2.45, 2.75) is 32.6 Å². The summed E-state index contributed by atoms with van der Waals surface area (Å²) in [6.07, 6.45) is 4.42. The summed E-state index contributed by atoms with van der Waals surface area (Å²) in [7, 11) is 3.11. The molecule has 0 bridgehead atoms. The first-order valence-corrected chi connectivity index (χ1v) is 10.7. The van der Waals surface area contributed by atoms with Crippen molar-refractivity contribution in [3.63, 3.8) is 0 Å². The van der Waals surface area contributed by atoms with E-state index in [4.69, 9.17) is 14.0 Å². The molecule has 0 spiro atoms. The van der Waals surface area contributed by atoms with Crippen LogP contribution in [0.1, 0.15) is 37.0 Å². The van der Waals surface area contributed by atoms with Crippen molar-refractivity contribution in [3.05, 3.63) is 41.7 Å². The number of amides is 3. The fourth-order valence-corrected chi connectivity index (χ4v) is 3.48. The Labute approximate surface area is 192 Å². The zero-order valence-corrected chi connectivity index (χ0v) is 19.0. The molecular formula is C23H28N4O6. The quantitative estimate of drug-likeness (QED) is 0.577.